The fraction of sp³-hybridized carbons (Fsp3) is 1.00. The van der Waals surface area contributed by atoms with Crippen LogP contribution in [-0.4, -0.2) is 27.7 Å². The van der Waals surface area contributed by atoms with Gasteiger partial charge in [0.05, 0.1) is 0 Å². The molecule has 1 aliphatic heterocycles. The second-order valence-corrected chi connectivity index (χ2v) is 6.38. The van der Waals surface area contributed by atoms with Crippen LogP contribution in [0.15, 0.2) is 0 Å². The zero-order valence-corrected chi connectivity index (χ0v) is 8.05. The molecule has 0 radical (unpaired) electrons. The van der Waals surface area contributed by atoms with E-state index in [1.54, 1.807) is 0 Å². The summed E-state index contributed by atoms with van der Waals surface area (Å²) in [4.78, 5) is 0. The Kier molecular flexibility index (Phi) is 2.19. The maximum atomic E-state index is 10.9. The summed E-state index contributed by atoms with van der Waals surface area (Å²) in [5.41, 5.74) is 0. The van der Waals surface area contributed by atoms with Gasteiger partial charge in [-0.15, -0.1) is 0 Å². The predicted molar refractivity (Wildman–Crippen MR) is 38.9 cm³/mol. The lowest BCUT2D eigenvalue weighted by molar-refractivity contribution is 0.0249. The highest BCUT2D eigenvalue weighted by Gasteiger charge is 2.43. The molecule has 8 heteroatoms. The van der Waals surface area contributed by atoms with Gasteiger partial charge in [0.15, 0.2) is 6.29 Å². The highest BCUT2D eigenvalue weighted by Crippen LogP contribution is 2.22. The van der Waals surface area contributed by atoms with E-state index in [2.05, 4.69) is 8.37 Å². The average molecular weight is 216 g/mol. The van der Waals surface area contributed by atoms with Gasteiger partial charge in [0.25, 0.3) is 20.2 Å². The number of hydrogen-bond donors (Lipinski definition) is 0. The smallest absolute Gasteiger partial charge is 0.236 e. The normalized spacial score (nSPS) is 39.2. The average Bonchev–Trinajstić information content (AvgIpc) is 1.80. The van der Waals surface area contributed by atoms with Crippen molar-refractivity contribution in [3.05, 3.63) is 0 Å². The number of rotatable bonds is 0. The molecule has 1 heterocycles. The monoisotopic (exact) mass is 216 g/mol. The van der Waals surface area contributed by atoms with E-state index in [0.717, 1.165) is 6.92 Å². The highest BCUT2D eigenvalue weighted by atomic mass is 32.3. The van der Waals surface area contributed by atoms with Crippen molar-refractivity contribution in [3.63, 3.8) is 0 Å². The standard InChI is InChI=1S/C4H8O6S2/c1-3-9-11(5,6)4(2)12(7,8)10-3/h3-4H,1-2H3. The second-order valence-electron chi connectivity index (χ2n) is 2.31. The van der Waals surface area contributed by atoms with E-state index in [1.807, 2.05) is 0 Å². The molecule has 72 valence electrons. The summed E-state index contributed by atoms with van der Waals surface area (Å²) < 4.78 is 50.6. The van der Waals surface area contributed by atoms with Crippen LogP contribution in [0.1, 0.15) is 13.8 Å². The summed E-state index contributed by atoms with van der Waals surface area (Å²) >= 11 is 0. The Morgan fingerprint density at radius 1 is 0.917 bits per heavy atom. The van der Waals surface area contributed by atoms with E-state index < -0.39 is 31.1 Å². The van der Waals surface area contributed by atoms with E-state index in [1.165, 1.54) is 6.92 Å². The molecule has 0 aromatic rings. The molecule has 0 bridgehead atoms. The van der Waals surface area contributed by atoms with Crippen molar-refractivity contribution in [2.75, 3.05) is 0 Å². The first kappa shape index (κ1) is 9.90. The SMILES string of the molecule is CC1OS(=O)(=O)C(C)S(=O)(=O)O1. The van der Waals surface area contributed by atoms with Crippen LogP contribution in [0.2, 0.25) is 0 Å². The molecule has 0 N–H and O–H groups in total. The van der Waals surface area contributed by atoms with Gasteiger partial charge in [-0.3, -0.25) is 0 Å². The molecular weight excluding hydrogens is 208 g/mol. The van der Waals surface area contributed by atoms with E-state index >= 15 is 0 Å². The summed E-state index contributed by atoms with van der Waals surface area (Å²) in [6.45, 7) is 2.19. The third-order valence-electron chi connectivity index (χ3n) is 1.35. The predicted octanol–water partition coefficient (Wildman–Crippen LogP) is -0.615. The van der Waals surface area contributed by atoms with Crippen LogP contribution in [0.25, 0.3) is 0 Å². The van der Waals surface area contributed by atoms with Gasteiger partial charge in [0.2, 0.25) is 4.58 Å². The van der Waals surface area contributed by atoms with Crippen molar-refractivity contribution >= 4 is 20.2 Å². The maximum Gasteiger partial charge on any atom is 0.289 e. The molecule has 0 spiro atoms. The van der Waals surface area contributed by atoms with Crippen molar-refractivity contribution in [2.45, 2.75) is 24.7 Å². The van der Waals surface area contributed by atoms with Gasteiger partial charge in [0.1, 0.15) is 0 Å². The van der Waals surface area contributed by atoms with Gasteiger partial charge in [-0.25, -0.2) is 8.37 Å². The molecule has 0 aliphatic carbocycles. The van der Waals surface area contributed by atoms with E-state index in [4.69, 9.17) is 0 Å². The van der Waals surface area contributed by atoms with Crippen LogP contribution in [-0.2, 0) is 28.6 Å². The third-order valence-corrected chi connectivity index (χ3v) is 5.47. The fourth-order valence-electron chi connectivity index (χ4n) is 0.695. The van der Waals surface area contributed by atoms with E-state index in [9.17, 15) is 16.8 Å². The Hall–Kier alpha value is -0.180. The minimum absolute atomic E-state index is 0.997. The van der Waals surface area contributed by atoms with Gasteiger partial charge in [-0.2, -0.15) is 16.8 Å². The topological polar surface area (TPSA) is 86.7 Å². The molecule has 1 rings (SSSR count). The van der Waals surface area contributed by atoms with Crippen molar-refractivity contribution in [2.24, 2.45) is 0 Å². The Bertz CT molecular complexity index is 328. The quantitative estimate of drug-likeness (QED) is 0.502. The molecule has 12 heavy (non-hydrogen) atoms. The largest absolute Gasteiger partial charge is 0.289 e. The second kappa shape index (κ2) is 2.66. The summed E-state index contributed by atoms with van der Waals surface area (Å²) in [7, 11) is -8.06. The lowest BCUT2D eigenvalue weighted by Crippen LogP contribution is -2.40. The van der Waals surface area contributed by atoms with Gasteiger partial charge in [-0.1, -0.05) is 0 Å². The highest BCUT2D eigenvalue weighted by molar-refractivity contribution is 8.05. The summed E-state index contributed by atoms with van der Waals surface area (Å²) in [5.74, 6) is 0. The van der Waals surface area contributed by atoms with Crippen LogP contribution in [0, 0.1) is 0 Å². The molecule has 0 aromatic carbocycles. The van der Waals surface area contributed by atoms with Gasteiger partial charge >= 0.3 is 0 Å². The Labute approximate surface area is 70.7 Å². The summed E-state index contributed by atoms with van der Waals surface area (Å²) in [6, 6.07) is 0. The Morgan fingerprint density at radius 3 is 1.58 bits per heavy atom. The van der Waals surface area contributed by atoms with Crippen molar-refractivity contribution in [3.8, 4) is 0 Å². The Morgan fingerprint density at radius 2 is 1.25 bits per heavy atom. The van der Waals surface area contributed by atoms with Crippen molar-refractivity contribution in [1.29, 1.82) is 0 Å². The minimum Gasteiger partial charge on any atom is -0.236 e. The summed E-state index contributed by atoms with van der Waals surface area (Å²) in [6.07, 6.45) is -1.27. The first-order chi connectivity index (χ1) is 5.26. The van der Waals surface area contributed by atoms with Gasteiger partial charge < -0.3 is 0 Å². The lowest BCUT2D eigenvalue weighted by atomic mass is 10.8. The molecular formula is C4H8O6S2. The van der Waals surface area contributed by atoms with Crippen LogP contribution in [0.4, 0.5) is 0 Å². The van der Waals surface area contributed by atoms with Crippen molar-refractivity contribution in [1.82, 2.24) is 0 Å². The zero-order chi connectivity index (χ0) is 9.57. The summed E-state index contributed by atoms with van der Waals surface area (Å²) in [5, 5.41) is 0. The molecule has 1 aliphatic rings. The van der Waals surface area contributed by atoms with E-state index in [0.29, 0.717) is 0 Å². The maximum absolute atomic E-state index is 10.9. The zero-order valence-electron chi connectivity index (χ0n) is 6.42. The molecule has 0 unspecified atom stereocenters. The van der Waals surface area contributed by atoms with Crippen LogP contribution in [0.5, 0.6) is 0 Å². The first-order valence-corrected chi connectivity index (χ1v) is 6.04. The molecule has 0 saturated carbocycles. The van der Waals surface area contributed by atoms with Crippen LogP contribution < -0.4 is 0 Å². The molecule has 0 amide bonds. The lowest BCUT2D eigenvalue weighted by Gasteiger charge is -2.23. The van der Waals surface area contributed by atoms with Gasteiger partial charge in [-0.05, 0) is 13.8 Å². The Balaban J connectivity index is 3.18. The van der Waals surface area contributed by atoms with Crippen LogP contribution in [0.3, 0.4) is 0 Å². The van der Waals surface area contributed by atoms with Crippen LogP contribution >= 0.6 is 0 Å². The minimum atomic E-state index is -4.03. The molecule has 0 aromatic heterocycles. The third kappa shape index (κ3) is 1.60. The molecule has 1 saturated heterocycles. The molecule has 1 fully saturated rings. The first-order valence-electron chi connectivity index (χ1n) is 3.10. The fourth-order valence-corrected chi connectivity index (χ4v) is 3.32. The number of hydrogen-bond acceptors (Lipinski definition) is 6. The van der Waals surface area contributed by atoms with E-state index in [-0.39, 0.29) is 0 Å². The molecule has 0 atom stereocenters. The molecule has 6 nitrogen and oxygen atoms in total. The van der Waals surface area contributed by atoms with Gasteiger partial charge in [0, 0.05) is 0 Å². The van der Waals surface area contributed by atoms with Crippen molar-refractivity contribution < 1.29 is 25.2 Å².